The molecule has 158 valence electrons. The summed E-state index contributed by atoms with van der Waals surface area (Å²) < 4.78 is 1.05. The van der Waals surface area contributed by atoms with Gasteiger partial charge in [-0.05, 0) is 41.5 Å². The average molecular weight is 402 g/mol. The summed E-state index contributed by atoms with van der Waals surface area (Å²) in [6.45, 7) is 1.67. The van der Waals surface area contributed by atoms with E-state index in [2.05, 4.69) is 28.5 Å². The predicted molar refractivity (Wildman–Crippen MR) is 115 cm³/mol. The first-order chi connectivity index (χ1) is 13.0. The van der Waals surface area contributed by atoms with Gasteiger partial charge in [-0.3, -0.25) is 4.79 Å². The third kappa shape index (κ3) is 14.8. The molecule has 1 amide bonds. The lowest BCUT2D eigenvalue weighted by Gasteiger charge is -2.22. The van der Waals surface area contributed by atoms with Crippen molar-refractivity contribution in [2.75, 3.05) is 6.61 Å². The van der Waals surface area contributed by atoms with Gasteiger partial charge in [-0.1, -0.05) is 70.4 Å². The van der Waals surface area contributed by atoms with Crippen LogP contribution in [0.15, 0.2) is 12.2 Å². The van der Waals surface area contributed by atoms with Crippen LogP contribution < -0.4 is 0 Å². The van der Waals surface area contributed by atoms with Crippen LogP contribution in [0.5, 0.6) is 0 Å². The fourth-order valence-corrected chi connectivity index (χ4v) is 3.29. The molecule has 0 heterocycles. The number of amides is 1. The second-order valence-corrected chi connectivity index (χ2v) is 7.73. The molecule has 0 aromatic rings. The Hall–Kier alpha value is -0.930. The van der Waals surface area contributed by atoms with E-state index in [1.165, 1.54) is 51.4 Å². The van der Waals surface area contributed by atoms with Crippen molar-refractivity contribution in [2.45, 2.75) is 103 Å². The minimum Gasteiger partial charge on any atom is -0.480 e. The highest BCUT2D eigenvalue weighted by molar-refractivity contribution is 7.14. The van der Waals surface area contributed by atoms with Crippen molar-refractivity contribution in [1.82, 2.24) is 4.67 Å². The van der Waals surface area contributed by atoms with Crippen LogP contribution >= 0.6 is 9.39 Å². The van der Waals surface area contributed by atoms with Crippen molar-refractivity contribution < 1.29 is 19.8 Å². The molecule has 0 aliphatic heterocycles. The molecule has 0 rings (SSSR count). The third-order valence-electron chi connectivity index (χ3n) is 4.73. The number of carboxylic acid groups (broad SMARTS) is 1. The van der Waals surface area contributed by atoms with E-state index in [4.69, 9.17) is 10.2 Å². The van der Waals surface area contributed by atoms with Crippen LogP contribution in [0.4, 0.5) is 0 Å². The standard InChI is InChI=1S/C21H40NO4P/c1-2-3-4-5-6-7-8-9-10-11-12-13-14-15-16-17-20(24)22(27)19(18-23)21(25)26/h9-10,19,23H,2-8,11-18,27H2,1H3,(H,25,26)/t19-/m0/s1. The molecule has 0 aliphatic rings. The molecule has 5 nitrogen and oxygen atoms in total. The maximum atomic E-state index is 11.9. The molecule has 0 saturated heterocycles. The van der Waals surface area contributed by atoms with E-state index in [9.17, 15) is 9.59 Å². The Balaban J connectivity index is 3.50. The molecule has 0 aliphatic carbocycles. The molecular formula is C21H40NO4P. The number of carboxylic acids is 1. The zero-order valence-corrected chi connectivity index (χ0v) is 18.2. The van der Waals surface area contributed by atoms with E-state index in [0.717, 1.165) is 36.8 Å². The summed E-state index contributed by atoms with van der Waals surface area (Å²) >= 11 is 0. The Morgan fingerprint density at radius 2 is 1.37 bits per heavy atom. The number of aliphatic hydroxyl groups is 1. The molecule has 27 heavy (non-hydrogen) atoms. The smallest absolute Gasteiger partial charge is 0.329 e. The lowest BCUT2D eigenvalue weighted by Crippen LogP contribution is -2.41. The quantitative estimate of drug-likeness (QED) is 0.191. The van der Waals surface area contributed by atoms with Gasteiger partial charge in [-0.25, -0.2) is 4.79 Å². The topological polar surface area (TPSA) is 77.8 Å². The van der Waals surface area contributed by atoms with Gasteiger partial charge in [-0.2, -0.15) is 0 Å². The highest BCUT2D eigenvalue weighted by Gasteiger charge is 2.25. The minimum absolute atomic E-state index is 0.251. The van der Waals surface area contributed by atoms with Gasteiger partial charge in [0, 0.05) is 6.42 Å². The molecule has 0 radical (unpaired) electrons. The van der Waals surface area contributed by atoms with E-state index < -0.39 is 18.6 Å². The van der Waals surface area contributed by atoms with E-state index in [0.29, 0.717) is 6.42 Å². The second kappa shape index (κ2) is 18.4. The van der Waals surface area contributed by atoms with Crippen LogP contribution in [0.25, 0.3) is 0 Å². The summed E-state index contributed by atoms with van der Waals surface area (Å²) in [5.41, 5.74) is 0. The summed E-state index contributed by atoms with van der Waals surface area (Å²) in [5.74, 6) is -1.44. The Morgan fingerprint density at radius 1 is 0.889 bits per heavy atom. The summed E-state index contributed by atoms with van der Waals surface area (Å²) in [7, 11) is 2.11. The number of nitrogens with zero attached hydrogens (tertiary/aromatic N) is 1. The number of aliphatic hydroxyl groups excluding tert-OH is 1. The lowest BCUT2D eigenvalue weighted by atomic mass is 10.1. The molecule has 0 aromatic carbocycles. The number of rotatable bonds is 18. The van der Waals surface area contributed by atoms with Crippen molar-refractivity contribution in [2.24, 2.45) is 0 Å². The first kappa shape index (κ1) is 26.1. The van der Waals surface area contributed by atoms with Gasteiger partial charge < -0.3 is 14.9 Å². The van der Waals surface area contributed by atoms with Gasteiger partial charge in [0.15, 0.2) is 6.04 Å². The van der Waals surface area contributed by atoms with E-state index in [1.54, 1.807) is 0 Å². The molecule has 6 heteroatoms. The first-order valence-corrected chi connectivity index (χ1v) is 11.1. The Bertz CT molecular complexity index is 415. The molecule has 2 atom stereocenters. The average Bonchev–Trinajstić information content (AvgIpc) is 2.64. The zero-order chi connectivity index (χ0) is 20.3. The van der Waals surface area contributed by atoms with Crippen molar-refractivity contribution in [3.63, 3.8) is 0 Å². The molecule has 0 saturated carbocycles. The minimum atomic E-state index is -1.19. The summed E-state index contributed by atoms with van der Waals surface area (Å²) in [6, 6.07) is -1.18. The largest absolute Gasteiger partial charge is 0.480 e. The second-order valence-electron chi connectivity index (χ2n) is 7.17. The zero-order valence-electron chi connectivity index (χ0n) is 17.1. The van der Waals surface area contributed by atoms with Crippen molar-refractivity contribution in [3.05, 3.63) is 12.2 Å². The number of allylic oxidation sites excluding steroid dienone is 2. The predicted octanol–water partition coefficient (Wildman–Crippen LogP) is 5.09. The van der Waals surface area contributed by atoms with Crippen LogP contribution in [-0.4, -0.2) is 39.4 Å². The fourth-order valence-electron chi connectivity index (χ4n) is 2.93. The number of hydrogen-bond acceptors (Lipinski definition) is 3. The van der Waals surface area contributed by atoms with Gasteiger partial charge in [0.1, 0.15) is 0 Å². The molecule has 0 bridgehead atoms. The summed E-state index contributed by atoms with van der Waals surface area (Å²) in [5, 5.41) is 17.9. The number of aliphatic carboxylic acids is 1. The Morgan fingerprint density at radius 3 is 1.85 bits per heavy atom. The van der Waals surface area contributed by atoms with E-state index in [-0.39, 0.29) is 5.91 Å². The van der Waals surface area contributed by atoms with E-state index >= 15 is 0 Å². The SMILES string of the molecule is CCCCCCCCC=CCCCCCCCC(=O)N(P)[C@@H](CO)C(=O)O. The molecule has 1 unspecified atom stereocenters. The van der Waals surface area contributed by atoms with E-state index in [1.807, 2.05) is 0 Å². The lowest BCUT2D eigenvalue weighted by molar-refractivity contribution is -0.147. The monoisotopic (exact) mass is 401 g/mol. The van der Waals surface area contributed by atoms with Gasteiger partial charge >= 0.3 is 5.97 Å². The molecule has 0 spiro atoms. The first-order valence-electron chi connectivity index (χ1n) is 10.6. The Labute approximate surface area is 167 Å². The van der Waals surface area contributed by atoms with Gasteiger partial charge in [0.25, 0.3) is 0 Å². The highest BCUT2D eigenvalue weighted by atomic mass is 31.0. The fraction of sp³-hybridized carbons (Fsp3) is 0.810. The summed E-state index contributed by atoms with van der Waals surface area (Å²) in [6.07, 6.45) is 20.5. The number of carbonyl (C=O) groups is 2. The van der Waals surface area contributed by atoms with Crippen LogP contribution in [0.2, 0.25) is 0 Å². The van der Waals surface area contributed by atoms with Crippen molar-refractivity contribution >= 4 is 21.3 Å². The maximum Gasteiger partial charge on any atom is 0.329 e. The number of carbonyl (C=O) groups excluding carboxylic acids is 1. The van der Waals surface area contributed by atoms with Crippen LogP contribution in [0.3, 0.4) is 0 Å². The van der Waals surface area contributed by atoms with Gasteiger partial charge in [0.2, 0.25) is 5.91 Å². The maximum absolute atomic E-state index is 11.9. The molecule has 0 fully saturated rings. The van der Waals surface area contributed by atoms with Gasteiger partial charge in [0.05, 0.1) is 6.61 Å². The molecule has 2 N–H and O–H groups in total. The highest BCUT2D eigenvalue weighted by Crippen LogP contribution is 2.14. The molecule has 0 aromatic heterocycles. The molecular weight excluding hydrogens is 361 g/mol. The van der Waals surface area contributed by atoms with Crippen molar-refractivity contribution in [1.29, 1.82) is 0 Å². The third-order valence-corrected chi connectivity index (χ3v) is 5.38. The van der Waals surface area contributed by atoms with Gasteiger partial charge in [-0.15, -0.1) is 0 Å². The van der Waals surface area contributed by atoms with Crippen molar-refractivity contribution in [3.8, 4) is 0 Å². The number of unbranched alkanes of at least 4 members (excludes halogenated alkanes) is 11. The van der Waals surface area contributed by atoms with Crippen LogP contribution in [0.1, 0.15) is 96.8 Å². The van der Waals surface area contributed by atoms with Crippen LogP contribution in [-0.2, 0) is 9.59 Å². The summed E-state index contributed by atoms with van der Waals surface area (Å²) in [4.78, 5) is 22.8. The number of hydrogen-bond donors (Lipinski definition) is 2. The van der Waals surface area contributed by atoms with Crippen LogP contribution in [0, 0.1) is 0 Å². The Kier molecular flexibility index (Phi) is 17.8. The normalized spacial score (nSPS) is 12.4.